The summed E-state index contributed by atoms with van der Waals surface area (Å²) in [7, 11) is 4.24. The van der Waals surface area contributed by atoms with Crippen LogP contribution >= 0.6 is 11.3 Å². The summed E-state index contributed by atoms with van der Waals surface area (Å²) in [6, 6.07) is 12.9. The average molecular weight is 231 g/mol. The monoisotopic (exact) mass is 231 g/mol. The van der Waals surface area contributed by atoms with Gasteiger partial charge in [-0.1, -0.05) is 30.3 Å². The Kier molecular flexibility index (Phi) is 3.75. The molecule has 0 unspecified atom stereocenters. The number of benzene rings is 1. The second-order valence-corrected chi connectivity index (χ2v) is 5.18. The summed E-state index contributed by atoms with van der Waals surface area (Å²) in [5.41, 5.74) is 2.73. The van der Waals surface area contributed by atoms with Gasteiger partial charge in [0.05, 0.1) is 0 Å². The van der Waals surface area contributed by atoms with Gasteiger partial charge in [-0.05, 0) is 43.1 Å². The lowest BCUT2D eigenvalue weighted by atomic mass is 10.1. The third-order valence-corrected chi connectivity index (χ3v) is 3.60. The fourth-order valence-electron chi connectivity index (χ4n) is 1.73. The van der Waals surface area contributed by atoms with Gasteiger partial charge in [-0.2, -0.15) is 0 Å². The van der Waals surface area contributed by atoms with E-state index in [0.717, 1.165) is 13.0 Å². The Hall–Kier alpha value is -1.12. The zero-order valence-electron chi connectivity index (χ0n) is 9.81. The van der Waals surface area contributed by atoms with Crippen molar-refractivity contribution in [3.63, 3.8) is 0 Å². The van der Waals surface area contributed by atoms with Crippen molar-refractivity contribution in [3.8, 4) is 11.1 Å². The smallest absolute Gasteiger partial charge is 0.0136 e. The maximum atomic E-state index is 2.23. The van der Waals surface area contributed by atoms with Crippen LogP contribution in [0.3, 0.4) is 0 Å². The zero-order valence-corrected chi connectivity index (χ0v) is 10.6. The summed E-state index contributed by atoms with van der Waals surface area (Å²) in [4.78, 5) is 3.72. The number of likely N-dealkylation sites (N-methyl/N-ethyl adjacent to an activating group) is 1. The molecule has 0 aliphatic carbocycles. The second kappa shape index (κ2) is 5.28. The van der Waals surface area contributed by atoms with E-state index in [2.05, 4.69) is 60.8 Å². The Morgan fingerprint density at radius 1 is 1.06 bits per heavy atom. The number of hydrogen-bond acceptors (Lipinski definition) is 2. The quantitative estimate of drug-likeness (QED) is 0.778. The molecule has 0 radical (unpaired) electrons. The molecular weight excluding hydrogens is 214 g/mol. The highest BCUT2D eigenvalue weighted by molar-refractivity contribution is 7.10. The minimum atomic E-state index is 1.11. The molecule has 2 rings (SSSR count). The minimum Gasteiger partial charge on any atom is -0.309 e. The van der Waals surface area contributed by atoms with Crippen LogP contribution in [0.25, 0.3) is 11.1 Å². The molecule has 0 saturated heterocycles. The molecule has 0 bridgehead atoms. The van der Waals surface area contributed by atoms with Gasteiger partial charge in [-0.15, -0.1) is 11.3 Å². The van der Waals surface area contributed by atoms with Crippen LogP contribution in [-0.4, -0.2) is 25.5 Å². The van der Waals surface area contributed by atoms with Gasteiger partial charge in [0.2, 0.25) is 0 Å². The molecule has 0 amide bonds. The van der Waals surface area contributed by atoms with Crippen molar-refractivity contribution in [1.29, 1.82) is 0 Å². The molecule has 2 heteroatoms. The number of nitrogens with zero attached hydrogens (tertiary/aromatic N) is 1. The van der Waals surface area contributed by atoms with E-state index in [-0.39, 0.29) is 0 Å². The molecule has 0 atom stereocenters. The molecule has 0 aliphatic heterocycles. The lowest BCUT2D eigenvalue weighted by Crippen LogP contribution is -2.14. The largest absolute Gasteiger partial charge is 0.309 e. The van der Waals surface area contributed by atoms with Crippen molar-refractivity contribution in [2.24, 2.45) is 0 Å². The van der Waals surface area contributed by atoms with E-state index in [1.165, 1.54) is 16.0 Å². The Bertz CT molecular complexity index is 431. The van der Waals surface area contributed by atoms with Gasteiger partial charge in [-0.25, -0.2) is 0 Å². The molecular formula is C14H17NS. The zero-order chi connectivity index (χ0) is 11.4. The molecule has 0 spiro atoms. The highest BCUT2D eigenvalue weighted by atomic mass is 32.1. The van der Waals surface area contributed by atoms with Crippen LogP contribution in [0.5, 0.6) is 0 Å². The standard InChI is InChI=1S/C14H17NS/c1-15(2)10-8-14-13(9-11-16-14)12-6-4-3-5-7-12/h3-7,9,11H,8,10H2,1-2H3. The Morgan fingerprint density at radius 2 is 1.81 bits per heavy atom. The maximum Gasteiger partial charge on any atom is 0.0136 e. The van der Waals surface area contributed by atoms with Crippen molar-refractivity contribution in [2.75, 3.05) is 20.6 Å². The van der Waals surface area contributed by atoms with Crippen LogP contribution in [0.1, 0.15) is 4.88 Å². The van der Waals surface area contributed by atoms with E-state index in [1.807, 2.05) is 11.3 Å². The highest BCUT2D eigenvalue weighted by Crippen LogP contribution is 2.28. The first-order valence-corrected chi connectivity index (χ1v) is 6.42. The molecule has 1 nitrogen and oxygen atoms in total. The van der Waals surface area contributed by atoms with Crippen LogP contribution in [0.4, 0.5) is 0 Å². The summed E-state index contributed by atoms with van der Waals surface area (Å²) in [6.45, 7) is 1.11. The Morgan fingerprint density at radius 3 is 2.50 bits per heavy atom. The summed E-state index contributed by atoms with van der Waals surface area (Å²) in [5.74, 6) is 0. The molecule has 84 valence electrons. The first kappa shape index (κ1) is 11.4. The maximum absolute atomic E-state index is 2.23. The second-order valence-electron chi connectivity index (χ2n) is 4.18. The van der Waals surface area contributed by atoms with Crippen LogP contribution in [0.2, 0.25) is 0 Å². The van der Waals surface area contributed by atoms with Gasteiger partial charge in [-0.3, -0.25) is 0 Å². The molecule has 16 heavy (non-hydrogen) atoms. The van der Waals surface area contributed by atoms with Crippen molar-refractivity contribution in [3.05, 3.63) is 46.7 Å². The van der Waals surface area contributed by atoms with Gasteiger partial charge in [0, 0.05) is 11.4 Å². The third kappa shape index (κ3) is 2.71. The van der Waals surface area contributed by atoms with E-state index < -0.39 is 0 Å². The lowest BCUT2D eigenvalue weighted by molar-refractivity contribution is 0.415. The molecule has 1 aromatic carbocycles. The van der Waals surface area contributed by atoms with Gasteiger partial charge in [0.25, 0.3) is 0 Å². The summed E-state index contributed by atoms with van der Waals surface area (Å²) in [6.07, 6.45) is 1.13. The molecule has 2 aromatic rings. The number of thiophene rings is 1. The molecule has 1 heterocycles. The predicted molar refractivity (Wildman–Crippen MR) is 72.0 cm³/mol. The van der Waals surface area contributed by atoms with E-state index in [1.54, 1.807) is 0 Å². The minimum absolute atomic E-state index is 1.11. The van der Waals surface area contributed by atoms with Gasteiger partial charge < -0.3 is 4.90 Å². The van der Waals surface area contributed by atoms with Gasteiger partial charge in [0.15, 0.2) is 0 Å². The summed E-state index contributed by atoms with van der Waals surface area (Å²) >= 11 is 1.86. The van der Waals surface area contributed by atoms with Crippen molar-refractivity contribution >= 4 is 11.3 Å². The molecule has 0 N–H and O–H groups in total. The average Bonchev–Trinajstić information content (AvgIpc) is 2.75. The summed E-state index contributed by atoms with van der Waals surface area (Å²) < 4.78 is 0. The predicted octanol–water partition coefficient (Wildman–Crippen LogP) is 3.52. The van der Waals surface area contributed by atoms with E-state index in [0.29, 0.717) is 0 Å². The topological polar surface area (TPSA) is 3.24 Å². The molecule has 0 saturated carbocycles. The van der Waals surface area contributed by atoms with Crippen LogP contribution in [0, 0.1) is 0 Å². The Balaban J connectivity index is 2.19. The molecule has 0 aliphatic rings. The van der Waals surface area contributed by atoms with E-state index in [4.69, 9.17) is 0 Å². The van der Waals surface area contributed by atoms with Crippen LogP contribution in [0.15, 0.2) is 41.8 Å². The normalized spacial score (nSPS) is 10.9. The highest BCUT2D eigenvalue weighted by Gasteiger charge is 2.06. The molecule has 0 fully saturated rings. The van der Waals surface area contributed by atoms with Gasteiger partial charge in [0.1, 0.15) is 0 Å². The first-order chi connectivity index (χ1) is 7.77. The fraction of sp³-hybridized carbons (Fsp3) is 0.286. The lowest BCUT2D eigenvalue weighted by Gasteiger charge is -2.09. The van der Waals surface area contributed by atoms with E-state index >= 15 is 0 Å². The number of hydrogen-bond donors (Lipinski definition) is 0. The van der Waals surface area contributed by atoms with Crippen LogP contribution in [-0.2, 0) is 6.42 Å². The Labute approximate surface area is 101 Å². The summed E-state index contributed by atoms with van der Waals surface area (Å²) in [5, 5.41) is 2.19. The van der Waals surface area contributed by atoms with Crippen molar-refractivity contribution in [2.45, 2.75) is 6.42 Å². The van der Waals surface area contributed by atoms with Crippen molar-refractivity contribution in [1.82, 2.24) is 4.90 Å². The number of rotatable bonds is 4. The van der Waals surface area contributed by atoms with Gasteiger partial charge >= 0.3 is 0 Å². The van der Waals surface area contributed by atoms with Crippen molar-refractivity contribution < 1.29 is 0 Å². The molecule has 1 aromatic heterocycles. The third-order valence-electron chi connectivity index (χ3n) is 2.62. The first-order valence-electron chi connectivity index (χ1n) is 5.54. The van der Waals surface area contributed by atoms with E-state index in [9.17, 15) is 0 Å². The fourth-order valence-corrected chi connectivity index (χ4v) is 2.62. The SMILES string of the molecule is CN(C)CCc1sccc1-c1ccccc1. The van der Waals surface area contributed by atoms with Crippen LogP contribution < -0.4 is 0 Å².